The maximum Gasteiger partial charge on any atom is 0.269 e. The van der Waals surface area contributed by atoms with Crippen molar-refractivity contribution in [2.45, 2.75) is 25.3 Å². The van der Waals surface area contributed by atoms with Crippen molar-refractivity contribution in [2.24, 2.45) is 0 Å². The van der Waals surface area contributed by atoms with Gasteiger partial charge in [-0.05, 0) is 49.2 Å². The maximum atomic E-state index is 12.9. The van der Waals surface area contributed by atoms with Crippen molar-refractivity contribution in [3.05, 3.63) is 58.1 Å². The minimum atomic E-state index is -0.449. The molecule has 1 unspecified atom stereocenters. The predicted molar refractivity (Wildman–Crippen MR) is 112 cm³/mol. The van der Waals surface area contributed by atoms with Crippen LogP contribution in [0.2, 0.25) is 0 Å². The summed E-state index contributed by atoms with van der Waals surface area (Å²) in [5, 5.41) is 10.8. The van der Waals surface area contributed by atoms with Crippen LogP contribution in [0.1, 0.15) is 30.9 Å². The molecule has 1 saturated heterocycles. The summed E-state index contributed by atoms with van der Waals surface area (Å²) in [6.45, 7) is 2.43. The number of amides is 1. The lowest BCUT2D eigenvalue weighted by Crippen LogP contribution is -2.38. The Balaban J connectivity index is 1.45. The molecule has 2 aromatic rings. The number of benzene rings is 2. The van der Waals surface area contributed by atoms with Gasteiger partial charge in [0.25, 0.3) is 5.69 Å². The molecule has 0 saturated carbocycles. The number of hydrogen-bond acceptors (Lipinski definition) is 6. The van der Waals surface area contributed by atoms with E-state index in [1.807, 2.05) is 12.1 Å². The molecule has 8 heteroatoms. The van der Waals surface area contributed by atoms with E-state index in [4.69, 9.17) is 9.47 Å². The second-order valence-corrected chi connectivity index (χ2v) is 7.61. The van der Waals surface area contributed by atoms with Crippen LogP contribution in [0.25, 0.3) is 0 Å². The fraction of sp³-hybridized carbons (Fsp3) is 0.409. The first-order valence-corrected chi connectivity index (χ1v) is 10.2. The van der Waals surface area contributed by atoms with E-state index < -0.39 is 4.92 Å². The standard InChI is InChI=1S/C22H25N3O5/c1-23(17-6-8-18(9-7-17)25(27)28)22(26)15-24-11-2-4-19(24)16-5-10-20-21(14-16)30-13-3-12-29-20/h5-10,14,19H,2-4,11-13,15H2,1H3. The van der Waals surface area contributed by atoms with Crippen LogP contribution in [0.5, 0.6) is 11.5 Å². The van der Waals surface area contributed by atoms with E-state index in [0.717, 1.165) is 42.9 Å². The minimum Gasteiger partial charge on any atom is -0.490 e. The zero-order valence-electron chi connectivity index (χ0n) is 17.0. The molecule has 2 aliphatic rings. The molecular weight excluding hydrogens is 386 g/mol. The van der Waals surface area contributed by atoms with Gasteiger partial charge in [0.2, 0.25) is 5.91 Å². The smallest absolute Gasteiger partial charge is 0.269 e. The molecule has 0 radical (unpaired) electrons. The van der Waals surface area contributed by atoms with Gasteiger partial charge in [0.05, 0.1) is 24.7 Å². The van der Waals surface area contributed by atoms with E-state index in [1.54, 1.807) is 24.1 Å². The zero-order chi connectivity index (χ0) is 21.1. The molecule has 2 aromatic carbocycles. The Morgan fingerprint density at radius 2 is 1.87 bits per heavy atom. The summed E-state index contributed by atoms with van der Waals surface area (Å²) in [5.41, 5.74) is 1.77. The quantitative estimate of drug-likeness (QED) is 0.553. The van der Waals surface area contributed by atoms with Gasteiger partial charge in [-0.3, -0.25) is 19.8 Å². The van der Waals surface area contributed by atoms with Crippen molar-refractivity contribution in [3.63, 3.8) is 0 Å². The number of carbonyl (C=O) groups is 1. The van der Waals surface area contributed by atoms with E-state index in [2.05, 4.69) is 11.0 Å². The van der Waals surface area contributed by atoms with Crippen molar-refractivity contribution < 1.29 is 19.2 Å². The van der Waals surface area contributed by atoms with E-state index in [-0.39, 0.29) is 24.2 Å². The van der Waals surface area contributed by atoms with Gasteiger partial charge in [-0.2, -0.15) is 0 Å². The van der Waals surface area contributed by atoms with Crippen LogP contribution < -0.4 is 14.4 Å². The molecule has 8 nitrogen and oxygen atoms in total. The first-order chi connectivity index (χ1) is 14.5. The SMILES string of the molecule is CN(C(=O)CN1CCCC1c1ccc2c(c1)OCCCO2)c1ccc([N+](=O)[O-])cc1. The number of hydrogen-bond donors (Lipinski definition) is 0. The molecule has 1 fully saturated rings. The lowest BCUT2D eigenvalue weighted by molar-refractivity contribution is -0.384. The number of likely N-dealkylation sites (tertiary alicyclic amines) is 1. The van der Waals surface area contributed by atoms with Crippen molar-refractivity contribution in [3.8, 4) is 11.5 Å². The molecule has 0 aromatic heterocycles. The van der Waals surface area contributed by atoms with Gasteiger partial charge in [0.15, 0.2) is 11.5 Å². The number of fused-ring (bicyclic) bond motifs is 1. The topological polar surface area (TPSA) is 85.2 Å². The van der Waals surface area contributed by atoms with Crippen molar-refractivity contribution in [1.82, 2.24) is 4.90 Å². The summed E-state index contributed by atoms with van der Waals surface area (Å²) in [6.07, 6.45) is 2.87. The van der Waals surface area contributed by atoms with Gasteiger partial charge in [-0.1, -0.05) is 6.07 Å². The maximum absolute atomic E-state index is 12.9. The Morgan fingerprint density at radius 3 is 2.60 bits per heavy atom. The summed E-state index contributed by atoms with van der Waals surface area (Å²) in [4.78, 5) is 27.0. The fourth-order valence-electron chi connectivity index (χ4n) is 4.00. The molecule has 0 spiro atoms. The Bertz CT molecular complexity index is 931. The minimum absolute atomic E-state index is 0.00798. The molecule has 2 heterocycles. The first-order valence-electron chi connectivity index (χ1n) is 10.2. The largest absolute Gasteiger partial charge is 0.490 e. The van der Waals surface area contributed by atoms with Crippen LogP contribution >= 0.6 is 0 Å². The van der Waals surface area contributed by atoms with E-state index in [9.17, 15) is 14.9 Å². The lowest BCUT2D eigenvalue weighted by atomic mass is 10.0. The number of nitro groups is 1. The number of carbonyl (C=O) groups excluding carboxylic acids is 1. The van der Waals surface area contributed by atoms with E-state index in [0.29, 0.717) is 18.9 Å². The predicted octanol–water partition coefficient (Wildman–Crippen LogP) is 3.56. The number of rotatable bonds is 5. The second-order valence-electron chi connectivity index (χ2n) is 7.61. The molecule has 0 bridgehead atoms. The molecule has 0 N–H and O–H groups in total. The van der Waals surface area contributed by atoms with Crippen LogP contribution in [-0.2, 0) is 4.79 Å². The van der Waals surface area contributed by atoms with Gasteiger partial charge >= 0.3 is 0 Å². The third-order valence-electron chi connectivity index (χ3n) is 5.68. The lowest BCUT2D eigenvalue weighted by Gasteiger charge is -2.27. The Labute approximate surface area is 175 Å². The summed E-state index contributed by atoms with van der Waals surface area (Å²) in [7, 11) is 1.70. The van der Waals surface area contributed by atoms with E-state index >= 15 is 0 Å². The molecular formula is C22H25N3O5. The number of nitrogens with zero attached hydrogens (tertiary/aromatic N) is 3. The second kappa shape index (κ2) is 8.71. The number of non-ortho nitro benzene ring substituents is 1. The van der Waals surface area contributed by atoms with Crippen LogP contribution in [0.3, 0.4) is 0 Å². The first kappa shape index (κ1) is 20.2. The molecule has 0 aliphatic carbocycles. The average molecular weight is 411 g/mol. The third-order valence-corrected chi connectivity index (χ3v) is 5.68. The third kappa shape index (κ3) is 4.23. The van der Waals surface area contributed by atoms with Crippen LogP contribution in [-0.4, -0.2) is 49.1 Å². The van der Waals surface area contributed by atoms with Crippen LogP contribution in [0, 0.1) is 10.1 Å². The van der Waals surface area contributed by atoms with Crippen molar-refractivity contribution in [2.75, 3.05) is 38.3 Å². The number of anilines is 1. The fourth-order valence-corrected chi connectivity index (χ4v) is 4.00. The monoisotopic (exact) mass is 411 g/mol. The van der Waals surface area contributed by atoms with Crippen LogP contribution in [0.4, 0.5) is 11.4 Å². The molecule has 1 atom stereocenters. The number of likely N-dealkylation sites (N-methyl/N-ethyl adjacent to an activating group) is 1. The molecule has 30 heavy (non-hydrogen) atoms. The van der Waals surface area contributed by atoms with Gasteiger partial charge in [-0.15, -0.1) is 0 Å². The summed E-state index contributed by atoms with van der Waals surface area (Å²) >= 11 is 0. The molecule has 158 valence electrons. The normalized spacial score (nSPS) is 18.6. The molecule has 1 amide bonds. The average Bonchev–Trinajstić information content (AvgIpc) is 3.08. The van der Waals surface area contributed by atoms with Gasteiger partial charge in [0.1, 0.15) is 0 Å². The highest BCUT2D eigenvalue weighted by molar-refractivity contribution is 5.94. The van der Waals surface area contributed by atoms with Crippen molar-refractivity contribution in [1.29, 1.82) is 0 Å². The van der Waals surface area contributed by atoms with Gasteiger partial charge in [0, 0.05) is 37.3 Å². The molecule has 4 rings (SSSR count). The highest BCUT2D eigenvalue weighted by atomic mass is 16.6. The van der Waals surface area contributed by atoms with Gasteiger partial charge < -0.3 is 14.4 Å². The summed E-state index contributed by atoms with van der Waals surface area (Å²) in [5.74, 6) is 1.49. The number of ether oxygens (including phenoxy) is 2. The van der Waals surface area contributed by atoms with Crippen molar-refractivity contribution >= 4 is 17.3 Å². The van der Waals surface area contributed by atoms with Gasteiger partial charge in [-0.25, -0.2) is 0 Å². The zero-order valence-corrected chi connectivity index (χ0v) is 17.0. The summed E-state index contributed by atoms with van der Waals surface area (Å²) in [6, 6.07) is 12.2. The number of nitro benzene ring substituents is 1. The Hall–Kier alpha value is -3.13. The van der Waals surface area contributed by atoms with Crippen LogP contribution in [0.15, 0.2) is 42.5 Å². The molecule has 2 aliphatic heterocycles. The summed E-state index contributed by atoms with van der Waals surface area (Å²) < 4.78 is 11.5. The Kier molecular flexibility index (Phi) is 5.85. The highest BCUT2D eigenvalue weighted by Gasteiger charge is 2.29. The Morgan fingerprint density at radius 1 is 1.13 bits per heavy atom. The highest BCUT2D eigenvalue weighted by Crippen LogP contribution is 2.37. The van der Waals surface area contributed by atoms with E-state index in [1.165, 1.54) is 12.1 Å².